The molecular weight excluding hydrogens is 356 g/mol. The van der Waals surface area contributed by atoms with Crippen molar-refractivity contribution in [3.8, 4) is 0 Å². The molecule has 4 nitrogen and oxygen atoms in total. The monoisotopic (exact) mass is 380 g/mol. The van der Waals surface area contributed by atoms with Crippen LogP contribution >= 0.6 is 11.8 Å². The largest absolute Gasteiger partial charge is 0.392 e. The number of hydrogen-bond donors (Lipinski definition) is 1. The van der Waals surface area contributed by atoms with Crippen molar-refractivity contribution in [1.29, 1.82) is 0 Å². The van der Waals surface area contributed by atoms with Crippen molar-refractivity contribution in [3.05, 3.63) is 76.2 Å². The predicted molar refractivity (Wildman–Crippen MR) is 112 cm³/mol. The quantitative estimate of drug-likeness (QED) is 0.722. The number of hydrogen-bond acceptors (Lipinski definition) is 4. The number of amides is 1. The molecule has 2 aromatic carbocycles. The van der Waals surface area contributed by atoms with E-state index in [0.717, 1.165) is 34.7 Å². The molecule has 0 saturated carbocycles. The van der Waals surface area contributed by atoms with Crippen LogP contribution in [0.15, 0.2) is 64.5 Å². The van der Waals surface area contributed by atoms with Gasteiger partial charge in [0.25, 0.3) is 5.91 Å². The van der Waals surface area contributed by atoms with Gasteiger partial charge in [-0.3, -0.25) is 14.7 Å². The SMILES string of the molecule is CCCCN1C(=O)C(=Cc2ccc(CO)cc2)SC1=NCc1ccccc1. The van der Waals surface area contributed by atoms with Crippen molar-refractivity contribution in [2.45, 2.75) is 32.9 Å². The molecule has 0 aromatic heterocycles. The zero-order chi connectivity index (χ0) is 19.1. The van der Waals surface area contributed by atoms with Crippen LogP contribution in [0.3, 0.4) is 0 Å². The molecule has 0 radical (unpaired) electrons. The summed E-state index contributed by atoms with van der Waals surface area (Å²) in [6.45, 7) is 3.40. The van der Waals surface area contributed by atoms with Gasteiger partial charge in [-0.25, -0.2) is 0 Å². The summed E-state index contributed by atoms with van der Waals surface area (Å²) in [7, 11) is 0. The van der Waals surface area contributed by atoms with E-state index < -0.39 is 0 Å². The molecule has 1 fully saturated rings. The van der Waals surface area contributed by atoms with Crippen molar-refractivity contribution in [3.63, 3.8) is 0 Å². The third-order valence-electron chi connectivity index (χ3n) is 4.32. The molecule has 140 valence electrons. The highest BCUT2D eigenvalue weighted by Gasteiger charge is 2.32. The van der Waals surface area contributed by atoms with Crippen LogP contribution in [-0.2, 0) is 17.9 Å². The lowest BCUT2D eigenvalue weighted by Gasteiger charge is -2.14. The summed E-state index contributed by atoms with van der Waals surface area (Å²) >= 11 is 1.44. The van der Waals surface area contributed by atoms with Crippen molar-refractivity contribution in [1.82, 2.24) is 4.90 Å². The fraction of sp³-hybridized carbons (Fsp3) is 0.273. The van der Waals surface area contributed by atoms with E-state index in [9.17, 15) is 4.79 Å². The average molecular weight is 381 g/mol. The molecule has 0 spiro atoms. The fourth-order valence-corrected chi connectivity index (χ4v) is 3.75. The Morgan fingerprint density at radius 1 is 1.07 bits per heavy atom. The van der Waals surface area contributed by atoms with E-state index in [0.29, 0.717) is 18.0 Å². The molecule has 1 heterocycles. The molecule has 0 atom stereocenters. The van der Waals surface area contributed by atoms with Crippen molar-refractivity contribution in [2.24, 2.45) is 4.99 Å². The first-order valence-corrected chi connectivity index (χ1v) is 10.0. The number of unbranched alkanes of at least 4 members (excludes halogenated alkanes) is 1. The standard InChI is InChI=1S/C22H24N2O2S/c1-2-3-13-24-21(26)20(14-17-9-11-19(16-25)12-10-17)27-22(24)23-15-18-7-5-4-6-8-18/h4-12,14,25H,2-3,13,15-16H2,1H3. The second kappa shape index (κ2) is 9.53. The number of nitrogens with zero attached hydrogens (tertiary/aromatic N) is 2. The maximum absolute atomic E-state index is 12.9. The number of amidine groups is 1. The lowest BCUT2D eigenvalue weighted by molar-refractivity contribution is -0.122. The van der Waals surface area contributed by atoms with Gasteiger partial charge in [-0.15, -0.1) is 0 Å². The van der Waals surface area contributed by atoms with Crippen LogP contribution in [0.1, 0.15) is 36.5 Å². The third kappa shape index (κ3) is 5.08. The minimum Gasteiger partial charge on any atom is -0.392 e. The minimum absolute atomic E-state index is 0.0195. The van der Waals surface area contributed by atoms with Gasteiger partial charge >= 0.3 is 0 Å². The van der Waals surface area contributed by atoms with Crippen LogP contribution in [0.5, 0.6) is 0 Å². The predicted octanol–water partition coefficient (Wildman–Crippen LogP) is 4.45. The number of carbonyl (C=O) groups is 1. The normalized spacial score (nSPS) is 17.3. The number of benzene rings is 2. The van der Waals surface area contributed by atoms with E-state index in [1.165, 1.54) is 11.8 Å². The molecule has 1 saturated heterocycles. The van der Waals surface area contributed by atoms with Gasteiger partial charge in [0.1, 0.15) is 0 Å². The summed E-state index contributed by atoms with van der Waals surface area (Å²) in [5, 5.41) is 9.94. The van der Waals surface area contributed by atoms with Crippen molar-refractivity contribution < 1.29 is 9.90 Å². The molecule has 0 aliphatic carbocycles. The second-order valence-electron chi connectivity index (χ2n) is 6.41. The summed E-state index contributed by atoms with van der Waals surface area (Å²) in [5.74, 6) is 0.0199. The number of thioether (sulfide) groups is 1. The smallest absolute Gasteiger partial charge is 0.266 e. The van der Waals surface area contributed by atoms with E-state index in [1.54, 1.807) is 4.90 Å². The molecule has 1 aliphatic rings. The van der Waals surface area contributed by atoms with Gasteiger partial charge in [-0.1, -0.05) is 67.9 Å². The maximum Gasteiger partial charge on any atom is 0.266 e. The van der Waals surface area contributed by atoms with Gasteiger partial charge in [0, 0.05) is 6.54 Å². The molecule has 3 rings (SSSR count). The highest BCUT2D eigenvalue weighted by Crippen LogP contribution is 2.33. The Morgan fingerprint density at radius 3 is 2.48 bits per heavy atom. The zero-order valence-electron chi connectivity index (χ0n) is 15.5. The molecule has 1 N–H and O–H groups in total. The molecule has 0 bridgehead atoms. The average Bonchev–Trinajstić information content (AvgIpc) is 3.00. The number of aliphatic hydroxyl groups is 1. The molecule has 1 amide bonds. The maximum atomic E-state index is 12.9. The van der Waals surface area contributed by atoms with Crippen LogP contribution in [0.25, 0.3) is 6.08 Å². The molecule has 27 heavy (non-hydrogen) atoms. The number of rotatable bonds is 7. The van der Waals surface area contributed by atoms with Gasteiger partial charge in [0.05, 0.1) is 18.1 Å². The topological polar surface area (TPSA) is 52.9 Å². The fourth-order valence-electron chi connectivity index (χ4n) is 2.75. The lowest BCUT2D eigenvalue weighted by Crippen LogP contribution is -2.30. The molecule has 2 aromatic rings. The Kier molecular flexibility index (Phi) is 6.85. The first-order valence-electron chi connectivity index (χ1n) is 9.21. The Labute approximate surface area is 164 Å². The first-order chi connectivity index (χ1) is 13.2. The molecular formula is C22H24N2O2S. The van der Waals surface area contributed by atoms with Gasteiger partial charge in [-0.05, 0) is 40.9 Å². The summed E-state index contributed by atoms with van der Waals surface area (Å²) in [5.41, 5.74) is 2.94. The van der Waals surface area contributed by atoms with Crippen LogP contribution in [0.4, 0.5) is 0 Å². The summed E-state index contributed by atoms with van der Waals surface area (Å²) in [4.78, 5) is 20.1. The molecule has 0 unspecified atom stereocenters. The first kappa shape index (κ1) is 19.4. The van der Waals surface area contributed by atoms with Crippen LogP contribution < -0.4 is 0 Å². The summed E-state index contributed by atoms with van der Waals surface area (Å²) < 4.78 is 0. The van der Waals surface area contributed by atoms with E-state index in [2.05, 4.69) is 6.92 Å². The van der Waals surface area contributed by atoms with Gasteiger partial charge in [0.15, 0.2) is 5.17 Å². The van der Waals surface area contributed by atoms with Gasteiger partial charge in [-0.2, -0.15) is 0 Å². The van der Waals surface area contributed by atoms with Crippen LogP contribution in [0.2, 0.25) is 0 Å². The summed E-state index contributed by atoms with van der Waals surface area (Å²) in [6.07, 6.45) is 3.88. The highest BCUT2D eigenvalue weighted by molar-refractivity contribution is 8.18. The minimum atomic E-state index is 0.0195. The Balaban J connectivity index is 1.81. The van der Waals surface area contributed by atoms with E-state index in [4.69, 9.17) is 10.1 Å². The van der Waals surface area contributed by atoms with E-state index >= 15 is 0 Å². The van der Waals surface area contributed by atoms with E-state index in [-0.39, 0.29) is 12.5 Å². The van der Waals surface area contributed by atoms with Crippen molar-refractivity contribution in [2.75, 3.05) is 6.54 Å². The molecule has 5 heteroatoms. The summed E-state index contributed by atoms with van der Waals surface area (Å²) in [6, 6.07) is 17.6. The number of carbonyl (C=O) groups excluding carboxylic acids is 1. The van der Waals surface area contributed by atoms with Gasteiger partial charge < -0.3 is 5.11 Å². The Hall–Kier alpha value is -2.37. The van der Waals surface area contributed by atoms with Crippen molar-refractivity contribution >= 4 is 28.9 Å². The Bertz CT molecular complexity index is 829. The number of aliphatic imine (C=N–C) groups is 1. The van der Waals surface area contributed by atoms with E-state index in [1.807, 2.05) is 60.7 Å². The lowest BCUT2D eigenvalue weighted by atomic mass is 10.1. The number of aliphatic hydroxyl groups excluding tert-OH is 1. The highest BCUT2D eigenvalue weighted by atomic mass is 32.2. The molecule has 1 aliphatic heterocycles. The Morgan fingerprint density at radius 2 is 1.81 bits per heavy atom. The van der Waals surface area contributed by atoms with Crippen LogP contribution in [0, 0.1) is 0 Å². The van der Waals surface area contributed by atoms with Crippen LogP contribution in [-0.4, -0.2) is 27.6 Å². The zero-order valence-corrected chi connectivity index (χ0v) is 16.3. The van der Waals surface area contributed by atoms with Gasteiger partial charge in [0.2, 0.25) is 0 Å². The third-order valence-corrected chi connectivity index (χ3v) is 5.37. The second-order valence-corrected chi connectivity index (χ2v) is 7.41.